The van der Waals surface area contributed by atoms with E-state index in [9.17, 15) is 9.18 Å². The highest BCUT2D eigenvalue weighted by molar-refractivity contribution is 14.1. The van der Waals surface area contributed by atoms with E-state index in [1.165, 1.54) is 37.5 Å². The minimum atomic E-state index is -0.325. The van der Waals surface area contributed by atoms with Crippen LogP contribution in [0.4, 0.5) is 4.39 Å². The molecule has 0 spiro atoms. The fourth-order valence-corrected chi connectivity index (χ4v) is 3.55. The molecule has 1 aromatic rings. The maximum absolute atomic E-state index is 13.1. The third kappa shape index (κ3) is 3.91. The van der Waals surface area contributed by atoms with Crippen LogP contribution >= 0.6 is 22.6 Å². The third-order valence-electron chi connectivity index (χ3n) is 3.97. The summed E-state index contributed by atoms with van der Waals surface area (Å²) in [6.07, 6.45) is 5.96. The van der Waals surface area contributed by atoms with E-state index in [-0.39, 0.29) is 17.8 Å². The molecule has 0 radical (unpaired) electrons. The van der Waals surface area contributed by atoms with Gasteiger partial charge in [-0.3, -0.25) is 4.79 Å². The molecule has 3 N–H and O–H groups in total. The number of halogens is 2. The van der Waals surface area contributed by atoms with Crippen LogP contribution in [0.15, 0.2) is 18.2 Å². The Morgan fingerprint density at radius 3 is 2.70 bits per heavy atom. The van der Waals surface area contributed by atoms with Crippen molar-refractivity contribution >= 4 is 28.5 Å². The van der Waals surface area contributed by atoms with Crippen molar-refractivity contribution in [2.45, 2.75) is 38.1 Å². The largest absolute Gasteiger partial charge is 0.348 e. The van der Waals surface area contributed by atoms with Crippen molar-refractivity contribution in [1.29, 1.82) is 0 Å². The molecule has 1 fully saturated rings. The molecule has 1 aliphatic rings. The van der Waals surface area contributed by atoms with Gasteiger partial charge in [-0.1, -0.05) is 19.3 Å². The SMILES string of the molecule is NCC(NC(=O)c1ccc(F)cc1I)C1CCCCC1. The van der Waals surface area contributed by atoms with E-state index in [2.05, 4.69) is 5.32 Å². The summed E-state index contributed by atoms with van der Waals surface area (Å²) in [4.78, 5) is 12.3. The fourth-order valence-electron chi connectivity index (χ4n) is 2.83. The first-order valence-electron chi connectivity index (χ1n) is 7.08. The lowest BCUT2D eigenvalue weighted by atomic mass is 9.84. The van der Waals surface area contributed by atoms with Crippen LogP contribution in [0.2, 0.25) is 0 Å². The van der Waals surface area contributed by atoms with Gasteiger partial charge in [-0.25, -0.2) is 4.39 Å². The number of carbonyl (C=O) groups is 1. The molecular formula is C15H20FIN2O. The molecule has 20 heavy (non-hydrogen) atoms. The van der Waals surface area contributed by atoms with E-state index >= 15 is 0 Å². The smallest absolute Gasteiger partial charge is 0.252 e. The van der Waals surface area contributed by atoms with Gasteiger partial charge in [-0.15, -0.1) is 0 Å². The molecule has 0 aromatic heterocycles. The van der Waals surface area contributed by atoms with Crippen molar-refractivity contribution in [2.24, 2.45) is 11.7 Å². The van der Waals surface area contributed by atoms with Crippen molar-refractivity contribution < 1.29 is 9.18 Å². The first-order valence-corrected chi connectivity index (χ1v) is 8.15. The van der Waals surface area contributed by atoms with Gasteiger partial charge < -0.3 is 11.1 Å². The second-order valence-corrected chi connectivity index (χ2v) is 6.50. The monoisotopic (exact) mass is 390 g/mol. The van der Waals surface area contributed by atoms with E-state index in [1.807, 2.05) is 22.6 Å². The van der Waals surface area contributed by atoms with Crippen LogP contribution in [0, 0.1) is 15.3 Å². The number of carbonyl (C=O) groups excluding carboxylic acids is 1. The van der Waals surface area contributed by atoms with Crippen LogP contribution in [0.25, 0.3) is 0 Å². The van der Waals surface area contributed by atoms with E-state index in [0.717, 1.165) is 12.8 Å². The van der Waals surface area contributed by atoms with Gasteiger partial charge in [0.1, 0.15) is 5.82 Å². The second kappa shape index (κ2) is 7.36. The summed E-state index contributed by atoms with van der Waals surface area (Å²) in [5.74, 6) is -0.0140. The first-order chi connectivity index (χ1) is 9.61. The van der Waals surface area contributed by atoms with Crippen molar-refractivity contribution in [1.82, 2.24) is 5.32 Å². The maximum atomic E-state index is 13.1. The molecule has 0 aliphatic heterocycles. The number of rotatable bonds is 4. The number of nitrogens with one attached hydrogen (secondary N) is 1. The predicted molar refractivity (Wildman–Crippen MR) is 86.0 cm³/mol. The van der Waals surface area contributed by atoms with Gasteiger partial charge in [-0.2, -0.15) is 0 Å². The summed E-state index contributed by atoms with van der Waals surface area (Å²) in [5.41, 5.74) is 6.33. The van der Waals surface area contributed by atoms with Crippen molar-refractivity contribution in [3.05, 3.63) is 33.1 Å². The van der Waals surface area contributed by atoms with Crippen molar-refractivity contribution in [2.75, 3.05) is 6.54 Å². The lowest BCUT2D eigenvalue weighted by molar-refractivity contribution is 0.0914. The third-order valence-corrected chi connectivity index (χ3v) is 4.86. The highest BCUT2D eigenvalue weighted by Gasteiger charge is 2.24. The molecule has 0 saturated heterocycles. The molecule has 1 saturated carbocycles. The van der Waals surface area contributed by atoms with Crippen LogP contribution in [0.5, 0.6) is 0 Å². The Hall–Kier alpha value is -0.690. The maximum Gasteiger partial charge on any atom is 0.252 e. The zero-order valence-corrected chi connectivity index (χ0v) is 13.5. The van der Waals surface area contributed by atoms with Crippen LogP contribution in [-0.4, -0.2) is 18.5 Å². The second-order valence-electron chi connectivity index (χ2n) is 5.34. The molecule has 0 heterocycles. The molecule has 1 amide bonds. The van der Waals surface area contributed by atoms with Crippen LogP contribution in [0.1, 0.15) is 42.5 Å². The Morgan fingerprint density at radius 2 is 2.10 bits per heavy atom. The Kier molecular flexibility index (Phi) is 5.77. The summed E-state index contributed by atoms with van der Waals surface area (Å²) in [7, 11) is 0. The van der Waals surface area contributed by atoms with Crippen LogP contribution < -0.4 is 11.1 Å². The fraction of sp³-hybridized carbons (Fsp3) is 0.533. The molecule has 110 valence electrons. The predicted octanol–water partition coefficient (Wildman–Crippen LogP) is 3.07. The lowest BCUT2D eigenvalue weighted by Crippen LogP contribution is -2.46. The Morgan fingerprint density at radius 1 is 1.40 bits per heavy atom. The number of hydrogen-bond acceptors (Lipinski definition) is 2. The van der Waals surface area contributed by atoms with Crippen LogP contribution in [-0.2, 0) is 0 Å². The molecule has 1 atom stereocenters. The molecule has 2 rings (SSSR count). The molecular weight excluding hydrogens is 370 g/mol. The Labute approximate surface area is 132 Å². The normalized spacial score (nSPS) is 17.8. The summed E-state index contributed by atoms with van der Waals surface area (Å²) < 4.78 is 13.7. The summed E-state index contributed by atoms with van der Waals surface area (Å²) in [6.45, 7) is 0.453. The molecule has 3 nitrogen and oxygen atoms in total. The average Bonchev–Trinajstić information content (AvgIpc) is 2.45. The van der Waals surface area contributed by atoms with E-state index in [0.29, 0.717) is 21.6 Å². The van der Waals surface area contributed by atoms with E-state index in [4.69, 9.17) is 5.73 Å². The summed E-state index contributed by atoms with van der Waals surface area (Å²) in [6, 6.07) is 4.23. The van der Waals surface area contributed by atoms with Gasteiger partial charge >= 0.3 is 0 Å². The number of nitrogens with two attached hydrogens (primary N) is 1. The summed E-state index contributed by atoms with van der Waals surface area (Å²) in [5, 5.41) is 3.02. The minimum Gasteiger partial charge on any atom is -0.348 e. The van der Waals surface area contributed by atoms with Gasteiger partial charge in [0.2, 0.25) is 0 Å². The molecule has 0 bridgehead atoms. The molecule has 1 aromatic carbocycles. The molecule has 5 heteroatoms. The van der Waals surface area contributed by atoms with Crippen molar-refractivity contribution in [3.8, 4) is 0 Å². The average molecular weight is 390 g/mol. The Bertz CT molecular complexity index is 475. The highest BCUT2D eigenvalue weighted by atomic mass is 127. The quantitative estimate of drug-likeness (QED) is 0.777. The van der Waals surface area contributed by atoms with Gasteiger partial charge in [0, 0.05) is 16.2 Å². The van der Waals surface area contributed by atoms with Gasteiger partial charge in [0.15, 0.2) is 0 Å². The Balaban J connectivity index is 2.04. The molecule has 1 unspecified atom stereocenters. The number of hydrogen-bond donors (Lipinski definition) is 2. The van der Waals surface area contributed by atoms with Crippen molar-refractivity contribution in [3.63, 3.8) is 0 Å². The molecule has 1 aliphatic carbocycles. The number of amides is 1. The number of benzene rings is 1. The highest BCUT2D eigenvalue weighted by Crippen LogP contribution is 2.26. The summed E-state index contributed by atoms with van der Waals surface area (Å²) >= 11 is 1.98. The zero-order chi connectivity index (χ0) is 14.5. The van der Waals surface area contributed by atoms with E-state index in [1.54, 1.807) is 0 Å². The first kappa shape index (κ1) is 15.7. The topological polar surface area (TPSA) is 55.1 Å². The standard InChI is InChI=1S/C15H20FIN2O/c16-11-6-7-12(13(17)8-11)15(20)19-14(9-18)10-4-2-1-3-5-10/h6-8,10,14H,1-5,9,18H2,(H,19,20). The van der Waals surface area contributed by atoms with E-state index < -0.39 is 0 Å². The van der Waals surface area contributed by atoms with Crippen LogP contribution in [0.3, 0.4) is 0 Å². The lowest BCUT2D eigenvalue weighted by Gasteiger charge is -2.30. The minimum absolute atomic E-state index is 0.0173. The van der Waals surface area contributed by atoms with Gasteiger partial charge in [0.25, 0.3) is 5.91 Å². The van der Waals surface area contributed by atoms with Gasteiger partial charge in [0.05, 0.1) is 5.56 Å². The zero-order valence-electron chi connectivity index (χ0n) is 11.4. The van der Waals surface area contributed by atoms with Gasteiger partial charge in [-0.05, 0) is 59.5 Å².